The zero-order valence-corrected chi connectivity index (χ0v) is 14.3. The van der Waals surface area contributed by atoms with Crippen LogP contribution in [0.5, 0.6) is 0 Å². The lowest BCUT2D eigenvalue weighted by Crippen LogP contribution is -2.46. The summed E-state index contributed by atoms with van der Waals surface area (Å²) in [5, 5.41) is 6.36. The van der Waals surface area contributed by atoms with Gasteiger partial charge >= 0.3 is 0 Å². The minimum Gasteiger partial charge on any atom is -0.354 e. The summed E-state index contributed by atoms with van der Waals surface area (Å²) in [5.41, 5.74) is 1.25. The van der Waals surface area contributed by atoms with Crippen molar-refractivity contribution in [3.63, 3.8) is 0 Å². The van der Waals surface area contributed by atoms with E-state index < -0.39 is 6.04 Å². The number of rotatable bonds is 3. The third-order valence-electron chi connectivity index (χ3n) is 5.16. The predicted octanol–water partition coefficient (Wildman–Crippen LogP) is 1.09. The van der Waals surface area contributed by atoms with Gasteiger partial charge in [-0.2, -0.15) is 0 Å². The van der Waals surface area contributed by atoms with Crippen LogP contribution in [0.25, 0.3) is 10.9 Å². The minimum absolute atomic E-state index is 0.0765. The second-order valence-corrected chi connectivity index (χ2v) is 6.96. The molecule has 4 heterocycles. The Hall–Kier alpha value is -2.70. The van der Waals surface area contributed by atoms with Crippen LogP contribution in [0.4, 0.5) is 5.82 Å². The molecule has 2 aliphatic rings. The van der Waals surface area contributed by atoms with E-state index in [1.54, 1.807) is 18.5 Å². The van der Waals surface area contributed by atoms with E-state index in [9.17, 15) is 9.59 Å². The van der Waals surface area contributed by atoms with Gasteiger partial charge in [0.2, 0.25) is 5.91 Å². The summed E-state index contributed by atoms with van der Waals surface area (Å²) < 4.78 is 0. The standard InChI is InChI=1S/C18H21N5O2/c1-10-7-21-18(25)16(10)22-17(24)13-5-12-8-20-15(6-14(12)19-9-13)23-4-3-11(23)2/h5-6,8-11,16H,3-4,7H2,1-2H3,(H,21,25)(H,22,24)/t10-,11?,16+/m1/s1. The van der Waals surface area contributed by atoms with Gasteiger partial charge in [-0.15, -0.1) is 0 Å². The average Bonchev–Trinajstić information content (AvgIpc) is 2.91. The van der Waals surface area contributed by atoms with E-state index in [-0.39, 0.29) is 17.7 Å². The van der Waals surface area contributed by atoms with Crippen molar-refractivity contribution in [1.29, 1.82) is 0 Å². The summed E-state index contributed by atoms with van der Waals surface area (Å²) in [4.78, 5) is 35.4. The van der Waals surface area contributed by atoms with Crippen LogP contribution in [0.2, 0.25) is 0 Å². The first-order valence-electron chi connectivity index (χ1n) is 8.64. The molecule has 0 radical (unpaired) electrons. The summed E-state index contributed by atoms with van der Waals surface area (Å²) in [6, 6.07) is 3.75. The van der Waals surface area contributed by atoms with Crippen LogP contribution in [-0.2, 0) is 4.79 Å². The van der Waals surface area contributed by atoms with E-state index in [1.165, 1.54) is 6.42 Å². The number of nitrogens with zero attached hydrogens (tertiary/aromatic N) is 3. The fourth-order valence-corrected chi connectivity index (χ4v) is 3.33. The molecule has 0 aliphatic carbocycles. The first-order valence-corrected chi connectivity index (χ1v) is 8.64. The Bertz CT molecular complexity index is 852. The van der Waals surface area contributed by atoms with Gasteiger partial charge in [-0.05, 0) is 19.4 Å². The number of amides is 2. The fourth-order valence-electron chi connectivity index (χ4n) is 3.33. The summed E-state index contributed by atoms with van der Waals surface area (Å²) in [5.74, 6) is 0.577. The van der Waals surface area contributed by atoms with Gasteiger partial charge in [-0.3, -0.25) is 14.6 Å². The lowest BCUT2D eigenvalue weighted by Gasteiger charge is -2.39. The van der Waals surface area contributed by atoms with Crippen LogP contribution < -0.4 is 15.5 Å². The van der Waals surface area contributed by atoms with E-state index in [0.717, 1.165) is 23.3 Å². The zero-order valence-electron chi connectivity index (χ0n) is 14.3. The van der Waals surface area contributed by atoms with Gasteiger partial charge in [0, 0.05) is 48.9 Å². The summed E-state index contributed by atoms with van der Waals surface area (Å²) in [7, 11) is 0. The van der Waals surface area contributed by atoms with Crippen LogP contribution in [0.15, 0.2) is 24.5 Å². The number of aromatic nitrogens is 2. The van der Waals surface area contributed by atoms with Gasteiger partial charge in [0.15, 0.2) is 0 Å². The number of carbonyl (C=O) groups excluding carboxylic acids is 2. The van der Waals surface area contributed by atoms with Crippen LogP contribution in [0.1, 0.15) is 30.6 Å². The molecule has 2 N–H and O–H groups in total. The lowest BCUT2D eigenvalue weighted by atomic mass is 10.0. The molecule has 2 amide bonds. The van der Waals surface area contributed by atoms with E-state index in [2.05, 4.69) is 32.4 Å². The molecule has 25 heavy (non-hydrogen) atoms. The molecule has 0 spiro atoms. The summed E-state index contributed by atoms with van der Waals surface area (Å²) >= 11 is 0. The predicted molar refractivity (Wildman–Crippen MR) is 94.4 cm³/mol. The molecule has 7 heteroatoms. The summed E-state index contributed by atoms with van der Waals surface area (Å²) in [6.45, 7) is 5.71. The number of anilines is 1. The van der Waals surface area contributed by atoms with Gasteiger partial charge in [-0.25, -0.2) is 4.98 Å². The van der Waals surface area contributed by atoms with Crippen LogP contribution in [-0.4, -0.2) is 47.0 Å². The highest BCUT2D eigenvalue weighted by molar-refractivity contribution is 6.00. The monoisotopic (exact) mass is 339 g/mol. The molecule has 7 nitrogen and oxygen atoms in total. The maximum absolute atomic E-state index is 12.4. The lowest BCUT2D eigenvalue weighted by molar-refractivity contribution is -0.121. The largest absolute Gasteiger partial charge is 0.354 e. The third-order valence-corrected chi connectivity index (χ3v) is 5.16. The van der Waals surface area contributed by atoms with Gasteiger partial charge in [0.1, 0.15) is 11.9 Å². The number of hydrogen-bond donors (Lipinski definition) is 2. The smallest absolute Gasteiger partial charge is 0.253 e. The van der Waals surface area contributed by atoms with E-state index in [1.807, 2.05) is 13.0 Å². The van der Waals surface area contributed by atoms with Gasteiger partial charge in [0.05, 0.1) is 11.1 Å². The Labute approximate surface area is 145 Å². The average molecular weight is 339 g/mol. The highest BCUT2D eigenvalue weighted by atomic mass is 16.2. The Morgan fingerprint density at radius 2 is 2.12 bits per heavy atom. The zero-order chi connectivity index (χ0) is 17.6. The molecule has 130 valence electrons. The Morgan fingerprint density at radius 1 is 1.28 bits per heavy atom. The van der Waals surface area contributed by atoms with Crippen molar-refractivity contribution in [3.8, 4) is 0 Å². The number of pyridine rings is 2. The molecule has 0 aromatic carbocycles. The van der Waals surface area contributed by atoms with Gasteiger partial charge < -0.3 is 15.5 Å². The molecular formula is C18H21N5O2. The van der Waals surface area contributed by atoms with E-state index in [0.29, 0.717) is 18.2 Å². The molecule has 2 aromatic heterocycles. The number of fused-ring (bicyclic) bond motifs is 1. The Balaban J connectivity index is 1.55. The number of carbonyl (C=O) groups is 2. The second kappa shape index (κ2) is 5.98. The maximum atomic E-state index is 12.4. The molecule has 0 saturated carbocycles. The minimum atomic E-state index is -0.489. The Morgan fingerprint density at radius 3 is 2.76 bits per heavy atom. The highest BCUT2D eigenvalue weighted by Crippen LogP contribution is 2.26. The van der Waals surface area contributed by atoms with Crippen molar-refractivity contribution >= 4 is 28.5 Å². The van der Waals surface area contributed by atoms with Crippen molar-refractivity contribution in [2.75, 3.05) is 18.0 Å². The van der Waals surface area contributed by atoms with Crippen molar-refractivity contribution in [2.24, 2.45) is 5.92 Å². The molecule has 2 saturated heterocycles. The van der Waals surface area contributed by atoms with E-state index >= 15 is 0 Å². The normalized spacial score (nSPS) is 25.6. The van der Waals surface area contributed by atoms with Crippen LogP contribution >= 0.6 is 0 Å². The van der Waals surface area contributed by atoms with Gasteiger partial charge in [-0.1, -0.05) is 6.92 Å². The first kappa shape index (κ1) is 15.8. The van der Waals surface area contributed by atoms with Crippen molar-refractivity contribution < 1.29 is 9.59 Å². The molecule has 2 fully saturated rings. The highest BCUT2D eigenvalue weighted by Gasteiger charge is 2.32. The SMILES string of the molecule is CC1CCN1c1cc2ncc(C(=O)N[C@@H]3C(=O)NC[C@H]3C)cc2cn1. The topological polar surface area (TPSA) is 87.2 Å². The third kappa shape index (κ3) is 2.79. The molecule has 1 unspecified atom stereocenters. The molecule has 0 bridgehead atoms. The molecule has 4 rings (SSSR count). The van der Waals surface area contributed by atoms with Crippen molar-refractivity contribution in [3.05, 3.63) is 30.1 Å². The summed E-state index contributed by atoms with van der Waals surface area (Å²) in [6.07, 6.45) is 4.49. The van der Waals surface area contributed by atoms with Gasteiger partial charge in [0.25, 0.3) is 5.91 Å². The van der Waals surface area contributed by atoms with Crippen LogP contribution in [0.3, 0.4) is 0 Å². The molecular weight excluding hydrogens is 318 g/mol. The Kier molecular flexibility index (Phi) is 3.78. The first-order chi connectivity index (χ1) is 12.0. The number of hydrogen-bond acceptors (Lipinski definition) is 5. The molecule has 3 atom stereocenters. The van der Waals surface area contributed by atoms with Crippen LogP contribution in [0, 0.1) is 5.92 Å². The second-order valence-electron chi connectivity index (χ2n) is 6.96. The number of nitrogens with one attached hydrogen (secondary N) is 2. The van der Waals surface area contributed by atoms with E-state index in [4.69, 9.17) is 0 Å². The molecule has 2 aliphatic heterocycles. The quantitative estimate of drug-likeness (QED) is 0.874. The van der Waals surface area contributed by atoms with Crippen molar-refractivity contribution in [2.45, 2.75) is 32.4 Å². The maximum Gasteiger partial charge on any atom is 0.253 e. The fraction of sp³-hybridized carbons (Fsp3) is 0.444. The van der Waals surface area contributed by atoms with Crippen molar-refractivity contribution in [1.82, 2.24) is 20.6 Å². The molecule has 2 aromatic rings.